The maximum absolute atomic E-state index is 11.3. The number of hydrogen-bond acceptors (Lipinski definition) is 5. The Morgan fingerprint density at radius 3 is 3.12 bits per heavy atom. The van der Waals surface area contributed by atoms with Gasteiger partial charge in [0.1, 0.15) is 5.82 Å². The lowest BCUT2D eigenvalue weighted by Crippen LogP contribution is -2.09. The van der Waals surface area contributed by atoms with Gasteiger partial charge < -0.3 is 15.0 Å². The Morgan fingerprint density at radius 2 is 2.47 bits per heavy atom. The van der Waals surface area contributed by atoms with Gasteiger partial charge >= 0.3 is 5.97 Å². The summed E-state index contributed by atoms with van der Waals surface area (Å²) in [7, 11) is 1.31. The number of methoxy groups -OCH3 is 1. The smallest absolute Gasteiger partial charge is 0.360 e. The van der Waals surface area contributed by atoms with Crippen molar-refractivity contribution >= 4 is 23.1 Å². The molecule has 2 aromatic rings. The Balaban J connectivity index is 2.07. The van der Waals surface area contributed by atoms with Crippen LogP contribution in [0.4, 0.5) is 5.82 Å². The van der Waals surface area contributed by atoms with Crippen molar-refractivity contribution in [3.63, 3.8) is 0 Å². The average molecular weight is 251 g/mol. The van der Waals surface area contributed by atoms with Gasteiger partial charge in [0.25, 0.3) is 0 Å². The number of carbonyl (C=O) groups is 1. The van der Waals surface area contributed by atoms with Gasteiger partial charge in [-0.3, -0.25) is 0 Å². The van der Waals surface area contributed by atoms with Crippen LogP contribution in [0.1, 0.15) is 16.1 Å². The molecule has 0 aliphatic rings. The molecule has 0 atom stereocenters. The summed E-state index contributed by atoms with van der Waals surface area (Å²) < 4.78 is 6.34. The molecule has 0 saturated carbocycles. The number of esters is 1. The maximum atomic E-state index is 11.3. The second-order valence-electron chi connectivity index (χ2n) is 3.54. The number of imidazole rings is 1. The van der Waals surface area contributed by atoms with Crippen molar-refractivity contribution in [3.8, 4) is 0 Å². The predicted molar refractivity (Wildman–Crippen MR) is 66.0 cm³/mol. The van der Waals surface area contributed by atoms with Crippen LogP contribution in [0.15, 0.2) is 23.2 Å². The lowest BCUT2D eigenvalue weighted by atomic mass is 10.2. The highest BCUT2D eigenvalue weighted by molar-refractivity contribution is 7.07. The van der Waals surface area contributed by atoms with E-state index in [-0.39, 0.29) is 5.69 Å². The Kier molecular flexibility index (Phi) is 3.43. The summed E-state index contributed by atoms with van der Waals surface area (Å²) in [6.45, 7) is 0.701. The van der Waals surface area contributed by atoms with Crippen molar-refractivity contribution < 1.29 is 9.53 Å². The number of nitrogens with two attached hydrogens (primary N) is 1. The molecule has 2 rings (SSSR count). The van der Waals surface area contributed by atoms with Gasteiger partial charge in [-0.2, -0.15) is 11.3 Å². The number of aromatic nitrogens is 2. The van der Waals surface area contributed by atoms with Crippen LogP contribution in [0.5, 0.6) is 0 Å². The zero-order valence-electron chi connectivity index (χ0n) is 9.42. The number of nitrogen functional groups attached to an aromatic ring is 1. The maximum Gasteiger partial charge on any atom is 0.360 e. The third-order valence-corrected chi connectivity index (χ3v) is 3.21. The van der Waals surface area contributed by atoms with Crippen LogP contribution in [0.25, 0.3) is 0 Å². The van der Waals surface area contributed by atoms with Crippen molar-refractivity contribution in [1.29, 1.82) is 0 Å². The molecule has 2 N–H and O–H groups in total. The molecule has 2 heterocycles. The molecule has 2 aromatic heterocycles. The van der Waals surface area contributed by atoms with Crippen molar-refractivity contribution in [2.24, 2.45) is 0 Å². The minimum absolute atomic E-state index is 0.179. The average Bonchev–Trinajstić information content (AvgIpc) is 2.95. The number of thiophene rings is 1. The Hall–Kier alpha value is -1.82. The predicted octanol–water partition coefficient (Wildman–Crippen LogP) is 1.56. The summed E-state index contributed by atoms with van der Waals surface area (Å²) in [4.78, 5) is 15.3. The van der Waals surface area contributed by atoms with E-state index >= 15 is 0 Å². The molecule has 0 spiro atoms. The number of rotatable bonds is 4. The summed E-state index contributed by atoms with van der Waals surface area (Å²) >= 11 is 1.66. The van der Waals surface area contributed by atoms with E-state index in [1.807, 2.05) is 5.38 Å². The van der Waals surface area contributed by atoms with E-state index in [4.69, 9.17) is 5.73 Å². The third kappa shape index (κ3) is 2.47. The highest BCUT2D eigenvalue weighted by atomic mass is 32.1. The van der Waals surface area contributed by atoms with Crippen LogP contribution in [0.2, 0.25) is 0 Å². The molecular formula is C11H13N3O2S. The third-order valence-electron chi connectivity index (χ3n) is 2.48. The first-order chi connectivity index (χ1) is 8.22. The lowest BCUT2D eigenvalue weighted by molar-refractivity contribution is 0.0596. The fourth-order valence-electron chi connectivity index (χ4n) is 1.51. The molecule has 0 fully saturated rings. The first kappa shape index (κ1) is 11.7. The molecule has 0 aliphatic heterocycles. The van der Waals surface area contributed by atoms with Gasteiger partial charge in [0.05, 0.1) is 13.4 Å². The van der Waals surface area contributed by atoms with Crippen molar-refractivity contribution in [3.05, 3.63) is 34.4 Å². The van der Waals surface area contributed by atoms with Gasteiger partial charge in [0.15, 0.2) is 5.69 Å². The van der Waals surface area contributed by atoms with E-state index in [9.17, 15) is 4.79 Å². The van der Waals surface area contributed by atoms with E-state index in [0.29, 0.717) is 12.4 Å². The Labute approximate surface area is 103 Å². The lowest BCUT2D eigenvalue weighted by Gasteiger charge is -2.04. The normalized spacial score (nSPS) is 10.4. The van der Waals surface area contributed by atoms with E-state index in [0.717, 1.165) is 6.42 Å². The topological polar surface area (TPSA) is 70.1 Å². The zero-order valence-corrected chi connectivity index (χ0v) is 10.2. The largest absolute Gasteiger partial charge is 0.464 e. The second-order valence-corrected chi connectivity index (χ2v) is 4.33. The molecule has 0 saturated heterocycles. The van der Waals surface area contributed by atoms with Gasteiger partial charge in [0, 0.05) is 6.54 Å². The Morgan fingerprint density at radius 1 is 1.65 bits per heavy atom. The number of carbonyl (C=O) groups excluding carboxylic acids is 1. The molecule has 0 bridgehead atoms. The molecule has 6 heteroatoms. The summed E-state index contributed by atoms with van der Waals surface area (Å²) in [5, 5.41) is 4.13. The van der Waals surface area contributed by atoms with Crippen LogP contribution in [0.3, 0.4) is 0 Å². The monoisotopic (exact) mass is 251 g/mol. The van der Waals surface area contributed by atoms with Crippen LogP contribution in [-0.2, 0) is 17.7 Å². The van der Waals surface area contributed by atoms with Gasteiger partial charge in [-0.15, -0.1) is 0 Å². The number of anilines is 1. The molecule has 0 aromatic carbocycles. The molecule has 17 heavy (non-hydrogen) atoms. The van der Waals surface area contributed by atoms with Crippen molar-refractivity contribution in [2.75, 3.05) is 12.8 Å². The number of hydrogen-bond donors (Lipinski definition) is 1. The molecule has 0 radical (unpaired) electrons. The van der Waals surface area contributed by atoms with Crippen molar-refractivity contribution in [1.82, 2.24) is 9.55 Å². The SMILES string of the molecule is COC(=O)c1ncn(CCc2ccsc2)c1N. The molecule has 5 nitrogen and oxygen atoms in total. The molecular weight excluding hydrogens is 238 g/mol. The molecule has 0 aliphatic carbocycles. The number of nitrogens with zero attached hydrogens (tertiary/aromatic N) is 2. The summed E-state index contributed by atoms with van der Waals surface area (Å²) in [5.41, 5.74) is 7.25. The second kappa shape index (κ2) is 5.01. The molecule has 90 valence electrons. The van der Waals surface area contributed by atoms with Crippen LogP contribution >= 0.6 is 11.3 Å². The van der Waals surface area contributed by atoms with E-state index < -0.39 is 5.97 Å². The summed E-state index contributed by atoms with van der Waals surface area (Å²) in [5.74, 6) is -0.149. The summed E-state index contributed by atoms with van der Waals surface area (Å²) in [6.07, 6.45) is 2.43. The number of aryl methyl sites for hydroxylation is 2. The van der Waals surface area contributed by atoms with Gasteiger partial charge in [-0.25, -0.2) is 9.78 Å². The minimum atomic E-state index is -0.503. The van der Waals surface area contributed by atoms with E-state index in [2.05, 4.69) is 21.2 Å². The first-order valence-electron chi connectivity index (χ1n) is 5.12. The van der Waals surface area contributed by atoms with Gasteiger partial charge in [-0.05, 0) is 28.8 Å². The fraction of sp³-hybridized carbons (Fsp3) is 0.273. The number of ether oxygens (including phenoxy) is 1. The van der Waals surface area contributed by atoms with Crippen LogP contribution in [-0.4, -0.2) is 22.6 Å². The molecule has 0 unspecified atom stereocenters. The fourth-order valence-corrected chi connectivity index (χ4v) is 2.21. The van der Waals surface area contributed by atoms with E-state index in [1.54, 1.807) is 22.2 Å². The van der Waals surface area contributed by atoms with Gasteiger partial charge in [-0.1, -0.05) is 0 Å². The summed E-state index contributed by atoms with van der Waals surface area (Å²) in [6, 6.07) is 2.07. The Bertz CT molecular complexity index is 505. The van der Waals surface area contributed by atoms with E-state index in [1.165, 1.54) is 12.7 Å². The minimum Gasteiger partial charge on any atom is -0.464 e. The first-order valence-corrected chi connectivity index (χ1v) is 6.06. The van der Waals surface area contributed by atoms with Crippen LogP contribution in [0, 0.1) is 0 Å². The van der Waals surface area contributed by atoms with Crippen LogP contribution < -0.4 is 5.73 Å². The zero-order chi connectivity index (χ0) is 12.3. The van der Waals surface area contributed by atoms with Crippen molar-refractivity contribution in [2.45, 2.75) is 13.0 Å². The van der Waals surface area contributed by atoms with Gasteiger partial charge in [0.2, 0.25) is 0 Å². The highest BCUT2D eigenvalue weighted by Crippen LogP contribution is 2.13. The highest BCUT2D eigenvalue weighted by Gasteiger charge is 2.15. The molecule has 0 amide bonds. The quantitative estimate of drug-likeness (QED) is 0.837. The standard InChI is InChI=1S/C11H13N3O2S/c1-16-11(15)9-10(12)14(7-13-9)4-2-8-3-5-17-6-8/h3,5-7H,2,4,12H2,1H3.